The van der Waals surface area contributed by atoms with Crippen molar-refractivity contribution in [3.05, 3.63) is 44.5 Å². The summed E-state index contributed by atoms with van der Waals surface area (Å²) in [5.74, 6) is 2.16. The van der Waals surface area contributed by atoms with Crippen molar-refractivity contribution in [3.63, 3.8) is 0 Å². The molecule has 0 radical (unpaired) electrons. The third-order valence-electron chi connectivity index (χ3n) is 5.60. The number of carbonyl (C=O) groups is 1. The van der Waals surface area contributed by atoms with Crippen molar-refractivity contribution in [3.8, 4) is 12.3 Å². The van der Waals surface area contributed by atoms with Crippen LogP contribution >= 0.6 is 34.3 Å². The zero-order valence-electron chi connectivity index (χ0n) is 17.7. The first-order valence-corrected chi connectivity index (χ1v) is 13.6. The van der Waals surface area contributed by atoms with Crippen molar-refractivity contribution < 1.29 is 13.2 Å². The molecule has 0 saturated carbocycles. The van der Waals surface area contributed by atoms with Gasteiger partial charge in [0, 0.05) is 6.54 Å². The lowest BCUT2D eigenvalue weighted by atomic mass is 10.0. The maximum atomic E-state index is 13.3. The first-order valence-electron chi connectivity index (χ1n) is 10.1. The van der Waals surface area contributed by atoms with Crippen LogP contribution < -0.4 is 4.80 Å². The highest BCUT2D eigenvalue weighted by molar-refractivity contribution is 7.91. The Morgan fingerprint density at radius 3 is 2.69 bits per heavy atom. The summed E-state index contributed by atoms with van der Waals surface area (Å²) in [6.07, 6.45) is 7.46. The Kier molecular flexibility index (Phi) is 6.61. The number of carbonyl (C=O) groups excluding carboxylic acids is 1. The van der Waals surface area contributed by atoms with Gasteiger partial charge in [0.15, 0.2) is 4.80 Å². The second-order valence-corrected chi connectivity index (χ2v) is 12.6. The summed E-state index contributed by atoms with van der Waals surface area (Å²) in [7, 11) is -3.83. The highest BCUT2D eigenvalue weighted by atomic mass is 35.5. The summed E-state index contributed by atoms with van der Waals surface area (Å²) in [6, 6.07) is 6.29. The lowest BCUT2D eigenvalue weighted by molar-refractivity contribution is -0.122. The van der Waals surface area contributed by atoms with Crippen LogP contribution in [0.3, 0.4) is 0 Å². The minimum absolute atomic E-state index is 0.136. The standard InChI is InChI=1S/C22H22ClN3O3S3/c1-4-10-25-17-12-14(2)15(3)13-18(17)30-22(25)24-21(27)16-7-5-6-11-26(16)32(28,29)20-9-8-19(23)31-20/h1,8-9,12-13,16H,5-7,10-11H2,2-3H3. The molecule has 3 aromatic rings. The fourth-order valence-electron chi connectivity index (χ4n) is 3.81. The van der Waals surface area contributed by atoms with E-state index in [-0.39, 0.29) is 17.3 Å². The van der Waals surface area contributed by atoms with E-state index >= 15 is 0 Å². The van der Waals surface area contributed by atoms with Crippen molar-refractivity contribution >= 4 is 60.4 Å². The van der Waals surface area contributed by atoms with Crippen molar-refractivity contribution in [2.45, 2.75) is 49.9 Å². The largest absolute Gasteiger partial charge is 0.305 e. The van der Waals surface area contributed by atoms with Crippen LogP contribution in [-0.4, -0.2) is 35.8 Å². The second kappa shape index (κ2) is 9.12. The fourth-order valence-corrected chi connectivity index (χ4v) is 8.19. The number of halogens is 1. The van der Waals surface area contributed by atoms with E-state index in [2.05, 4.69) is 17.0 Å². The Hall–Kier alpha value is -1.96. The van der Waals surface area contributed by atoms with Crippen LogP contribution in [-0.2, 0) is 21.4 Å². The van der Waals surface area contributed by atoms with Crippen LogP contribution in [0.2, 0.25) is 4.34 Å². The van der Waals surface area contributed by atoms with E-state index < -0.39 is 22.0 Å². The molecule has 1 amide bonds. The molecule has 4 rings (SSSR count). The number of aryl methyl sites for hydroxylation is 2. The molecule has 1 aromatic carbocycles. The number of sulfonamides is 1. The first kappa shape index (κ1) is 23.2. The summed E-state index contributed by atoms with van der Waals surface area (Å²) in [5.41, 5.74) is 3.19. The van der Waals surface area contributed by atoms with Gasteiger partial charge in [-0.2, -0.15) is 9.30 Å². The smallest absolute Gasteiger partial charge is 0.266 e. The zero-order valence-corrected chi connectivity index (χ0v) is 20.9. The average Bonchev–Trinajstić information content (AvgIpc) is 3.33. The highest BCUT2D eigenvalue weighted by Gasteiger charge is 2.38. The van der Waals surface area contributed by atoms with E-state index in [4.69, 9.17) is 18.0 Å². The lowest BCUT2D eigenvalue weighted by Gasteiger charge is -2.31. The molecule has 1 fully saturated rings. The van der Waals surface area contributed by atoms with Gasteiger partial charge in [0.1, 0.15) is 10.3 Å². The Labute approximate surface area is 200 Å². The molecule has 0 spiro atoms. The number of nitrogens with zero attached hydrogens (tertiary/aromatic N) is 3. The molecule has 1 aliphatic heterocycles. The monoisotopic (exact) mass is 507 g/mol. The second-order valence-electron chi connectivity index (χ2n) is 7.72. The van der Waals surface area contributed by atoms with Crippen molar-refractivity contribution in [2.24, 2.45) is 4.99 Å². The van der Waals surface area contributed by atoms with E-state index in [0.29, 0.717) is 22.0 Å². The van der Waals surface area contributed by atoms with Crippen molar-refractivity contribution in [2.75, 3.05) is 6.54 Å². The predicted octanol–water partition coefficient (Wildman–Crippen LogP) is 4.34. The molecule has 10 heteroatoms. The number of piperidine rings is 1. The van der Waals surface area contributed by atoms with E-state index in [1.807, 2.05) is 24.5 Å². The van der Waals surface area contributed by atoms with Crippen LogP contribution in [0.15, 0.2) is 33.5 Å². The molecule has 0 N–H and O–H groups in total. The number of hydrogen-bond acceptors (Lipinski definition) is 5. The third kappa shape index (κ3) is 4.30. The number of amides is 1. The van der Waals surface area contributed by atoms with Gasteiger partial charge in [0.25, 0.3) is 15.9 Å². The number of hydrogen-bond donors (Lipinski definition) is 0. The third-order valence-corrected chi connectivity index (χ3v) is 10.3. The number of fused-ring (bicyclic) bond motifs is 1. The van der Waals surface area contributed by atoms with Gasteiger partial charge in [-0.25, -0.2) is 8.42 Å². The predicted molar refractivity (Wildman–Crippen MR) is 130 cm³/mol. The number of thiazole rings is 1. The van der Waals surface area contributed by atoms with Gasteiger partial charge in [0.05, 0.1) is 21.1 Å². The van der Waals surface area contributed by atoms with E-state index in [9.17, 15) is 13.2 Å². The van der Waals surface area contributed by atoms with Crippen LogP contribution in [0.4, 0.5) is 0 Å². The quantitative estimate of drug-likeness (QED) is 0.493. The maximum Gasteiger partial charge on any atom is 0.266 e. The Morgan fingerprint density at radius 1 is 1.25 bits per heavy atom. The highest BCUT2D eigenvalue weighted by Crippen LogP contribution is 2.32. The lowest BCUT2D eigenvalue weighted by Crippen LogP contribution is -2.47. The fraction of sp³-hybridized carbons (Fsp3) is 0.364. The van der Waals surface area contributed by atoms with Gasteiger partial charge in [-0.1, -0.05) is 35.3 Å². The molecule has 0 aliphatic carbocycles. The molecule has 6 nitrogen and oxygen atoms in total. The summed E-state index contributed by atoms with van der Waals surface area (Å²) < 4.78 is 31.0. The molecule has 168 valence electrons. The Bertz CT molecular complexity index is 1410. The summed E-state index contributed by atoms with van der Waals surface area (Å²) >= 11 is 8.33. The first-order chi connectivity index (χ1) is 15.2. The summed E-state index contributed by atoms with van der Waals surface area (Å²) in [5, 5.41) is 0. The topological polar surface area (TPSA) is 71.7 Å². The van der Waals surface area contributed by atoms with Gasteiger partial charge >= 0.3 is 0 Å². The van der Waals surface area contributed by atoms with Gasteiger partial charge in [0.2, 0.25) is 0 Å². The Morgan fingerprint density at radius 2 is 2.00 bits per heavy atom. The van der Waals surface area contributed by atoms with E-state index in [1.54, 1.807) is 6.07 Å². The van der Waals surface area contributed by atoms with Gasteiger partial charge in [-0.05, 0) is 62.1 Å². The summed E-state index contributed by atoms with van der Waals surface area (Å²) in [6.45, 7) is 4.60. The number of rotatable bonds is 4. The molecule has 2 aromatic heterocycles. The molecule has 1 atom stereocenters. The molecule has 1 unspecified atom stereocenters. The van der Waals surface area contributed by atoms with Gasteiger partial charge in [-0.15, -0.1) is 17.8 Å². The normalized spacial score (nSPS) is 18.2. The van der Waals surface area contributed by atoms with Crippen LogP contribution in [0.1, 0.15) is 30.4 Å². The number of benzene rings is 1. The van der Waals surface area contributed by atoms with Crippen molar-refractivity contribution in [1.82, 2.24) is 8.87 Å². The van der Waals surface area contributed by atoms with Gasteiger partial charge in [-0.3, -0.25) is 4.79 Å². The van der Waals surface area contributed by atoms with Crippen molar-refractivity contribution in [1.29, 1.82) is 0 Å². The van der Waals surface area contributed by atoms with Crippen LogP contribution in [0, 0.1) is 26.2 Å². The maximum absolute atomic E-state index is 13.3. The number of thiophene rings is 1. The molecule has 1 saturated heterocycles. The average molecular weight is 508 g/mol. The minimum atomic E-state index is -3.83. The van der Waals surface area contributed by atoms with Crippen LogP contribution in [0.5, 0.6) is 0 Å². The number of terminal acetylenes is 1. The minimum Gasteiger partial charge on any atom is -0.305 e. The van der Waals surface area contributed by atoms with Crippen LogP contribution in [0.25, 0.3) is 10.2 Å². The summed E-state index contributed by atoms with van der Waals surface area (Å²) in [4.78, 5) is 18.1. The van der Waals surface area contributed by atoms with E-state index in [0.717, 1.165) is 39.1 Å². The molecular formula is C22H22ClN3O3S3. The van der Waals surface area contributed by atoms with Gasteiger partial charge < -0.3 is 4.57 Å². The molecule has 1 aliphatic rings. The SMILES string of the molecule is C#CCn1c(=NC(=O)C2CCCCN2S(=O)(=O)c2ccc(Cl)s2)sc2cc(C)c(C)cc21. The Balaban J connectivity index is 1.77. The molecule has 0 bridgehead atoms. The zero-order chi connectivity index (χ0) is 23.0. The number of aromatic nitrogens is 1. The molecule has 3 heterocycles. The molecule has 32 heavy (non-hydrogen) atoms. The molecular weight excluding hydrogens is 486 g/mol. The van der Waals surface area contributed by atoms with E-state index in [1.165, 1.54) is 21.7 Å².